The fourth-order valence-electron chi connectivity index (χ4n) is 3.33. The lowest BCUT2D eigenvalue weighted by Gasteiger charge is -2.36. The van der Waals surface area contributed by atoms with Crippen LogP contribution in [0.3, 0.4) is 0 Å². The highest BCUT2D eigenvalue weighted by atomic mass is 16.4. The van der Waals surface area contributed by atoms with Crippen LogP contribution in [0.2, 0.25) is 0 Å². The van der Waals surface area contributed by atoms with E-state index in [2.05, 4.69) is 10.1 Å². The van der Waals surface area contributed by atoms with Gasteiger partial charge in [-0.15, -0.1) is 0 Å². The number of carboxylic acid groups (broad SMARTS) is 1. The van der Waals surface area contributed by atoms with Crippen LogP contribution in [0, 0.1) is 5.92 Å². The van der Waals surface area contributed by atoms with Gasteiger partial charge in [0.15, 0.2) is 0 Å². The van der Waals surface area contributed by atoms with E-state index in [9.17, 15) is 14.7 Å². The second-order valence-corrected chi connectivity index (χ2v) is 6.58. The number of aliphatic carboxylic acids is 1. The Hall–Kier alpha value is -2.70. The molecule has 0 saturated carbocycles. The molecule has 2 aromatic heterocycles. The van der Waals surface area contributed by atoms with E-state index in [1.807, 2.05) is 25.4 Å². The molecule has 7 heteroatoms. The van der Waals surface area contributed by atoms with Crippen LogP contribution in [0.15, 0.2) is 36.9 Å². The number of aryl methyl sites for hydroxylation is 2. The monoisotopic (exact) mass is 342 g/mol. The van der Waals surface area contributed by atoms with Gasteiger partial charge in [-0.05, 0) is 30.0 Å². The minimum Gasteiger partial charge on any atom is -0.481 e. The highest BCUT2D eigenvalue weighted by Crippen LogP contribution is 2.30. The first-order valence-electron chi connectivity index (χ1n) is 8.41. The summed E-state index contributed by atoms with van der Waals surface area (Å²) in [6.45, 7) is 0.819. The van der Waals surface area contributed by atoms with Crippen molar-refractivity contribution in [3.63, 3.8) is 0 Å². The van der Waals surface area contributed by atoms with Gasteiger partial charge in [0, 0.05) is 51.1 Å². The van der Waals surface area contributed by atoms with Gasteiger partial charge in [0.1, 0.15) is 0 Å². The Morgan fingerprint density at radius 1 is 1.32 bits per heavy atom. The van der Waals surface area contributed by atoms with Crippen LogP contribution in [-0.4, -0.2) is 49.7 Å². The summed E-state index contributed by atoms with van der Waals surface area (Å²) in [7, 11) is 1.83. The van der Waals surface area contributed by atoms with Crippen molar-refractivity contribution < 1.29 is 14.7 Å². The number of hydrogen-bond donors (Lipinski definition) is 1. The predicted octanol–water partition coefficient (Wildman–Crippen LogP) is 1.46. The zero-order valence-corrected chi connectivity index (χ0v) is 14.2. The third-order valence-corrected chi connectivity index (χ3v) is 4.70. The molecule has 2 unspecified atom stereocenters. The van der Waals surface area contributed by atoms with Gasteiger partial charge in [-0.2, -0.15) is 5.10 Å². The molecule has 132 valence electrons. The van der Waals surface area contributed by atoms with Crippen LogP contribution in [0.1, 0.15) is 29.9 Å². The molecule has 3 rings (SSSR count). The molecule has 7 nitrogen and oxygen atoms in total. The van der Waals surface area contributed by atoms with Crippen molar-refractivity contribution in [2.24, 2.45) is 13.0 Å². The van der Waals surface area contributed by atoms with Crippen molar-refractivity contribution in [2.75, 3.05) is 13.1 Å². The van der Waals surface area contributed by atoms with Crippen LogP contribution >= 0.6 is 0 Å². The number of piperidine rings is 1. The Kier molecular flexibility index (Phi) is 5.11. The number of pyridine rings is 1. The van der Waals surface area contributed by atoms with Crippen molar-refractivity contribution in [2.45, 2.75) is 25.2 Å². The van der Waals surface area contributed by atoms with Gasteiger partial charge in [0.25, 0.3) is 0 Å². The van der Waals surface area contributed by atoms with Gasteiger partial charge in [0.2, 0.25) is 5.91 Å². The number of aromatic nitrogens is 3. The summed E-state index contributed by atoms with van der Waals surface area (Å²) >= 11 is 0. The van der Waals surface area contributed by atoms with Gasteiger partial charge < -0.3 is 10.0 Å². The average molecular weight is 342 g/mol. The number of carbonyl (C=O) groups is 2. The zero-order valence-electron chi connectivity index (χ0n) is 14.2. The van der Waals surface area contributed by atoms with Crippen LogP contribution in [0.4, 0.5) is 0 Å². The van der Waals surface area contributed by atoms with E-state index in [0.717, 1.165) is 11.1 Å². The number of hydrogen-bond acceptors (Lipinski definition) is 4. The van der Waals surface area contributed by atoms with E-state index < -0.39 is 11.9 Å². The molecule has 1 N–H and O–H groups in total. The first-order chi connectivity index (χ1) is 12.0. The fourth-order valence-corrected chi connectivity index (χ4v) is 3.33. The Morgan fingerprint density at radius 2 is 2.16 bits per heavy atom. The lowest BCUT2D eigenvalue weighted by Crippen LogP contribution is -2.45. The zero-order chi connectivity index (χ0) is 17.8. The first-order valence-corrected chi connectivity index (χ1v) is 8.41. The molecule has 1 aliphatic rings. The topological polar surface area (TPSA) is 88.3 Å². The summed E-state index contributed by atoms with van der Waals surface area (Å²) in [4.78, 5) is 29.9. The van der Waals surface area contributed by atoms with E-state index in [0.29, 0.717) is 25.8 Å². The van der Waals surface area contributed by atoms with Crippen LogP contribution in [0.5, 0.6) is 0 Å². The standard InChI is InChI=1S/C18H22N4O3/c1-21-10-16(9-20-21)14-7-15(18(24)25)12-22(11-14)17(23)5-4-13-3-2-6-19-8-13/h2-3,6,8-10,14-15H,4-5,7,11-12H2,1H3,(H,24,25). The molecule has 1 fully saturated rings. The number of amides is 1. The highest BCUT2D eigenvalue weighted by molar-refractivity contribution is 5.78. The molecule has 3 heterocycles. The summed E-state index contributed by atoms with van der Waals surface area (Å²) in [5.41, 5.74) is 1.99. The molecular weight excluding hydrogens is 320 g/mol. The van der Waals surface area contributed by atoms with Gasteiger partial charge in [-0.1, -0.05) is 6.07 Å². The maximum Gasteiger partial charge on any atom is 0.308 e. The van der Waals surface area contributed by atoms with E-state index in [-0.39, 0.29) is 18.4 Å². The molecule has 0 aliphatic carbocycles. The SMILES string of the molecule is Cn1cc(C2CC(C(=O)O)CN(C(=O)CCc3cccnc3)C2)cn1. The molecule has 1 amide bonds. The summed E-state index contributed by atoms with van der Waals surface area (Å²) in [6.07, 6.45) is 8.61. The maximum absolute atomic E-state index is 12.6. The molecule has 2 aromatic rings. The minimum absolute atomic E-state index is 0.00546. The van der Waals surface area contributed by atoms with Crippen molar-refractivity contribution in [3.8, 4) is 0 Å². The Bertz CT molecular complexity index is 744. The quantitative estimate of drug-likeness (QED) is 0.889. The Labute approximate surface area is 146 Å². The molecule has 0 spiro atoms. The summed E-state index contributed by atoms with van der Waals surface area (Å²) < 4.78 is 1.70. The van der Waals surface area contributed by atoms with Crippen molar-refractivity contribution in [1.29, 1.82) is 0 Å². The molecule has 2 atom stereocenters. The molecular formula is C18H22N4O3. The summed E-state index contributed by atoms with van der Waals surface area (Å²) in [5, 5.41) is 13.6. The Morgan fingerprint density at radius 3 is 2.80 bits per heavy atom. The van der Waals surface area contributed by atoms with Gasteiger partial charge in [0.05, 0.1) is 12.1 Å². The lowest BCUT2D eigenvalue weighted by atomic mass is 9.85. The second-order valence-electron chi connectivity index (χ2n) is 6.58. The van der Waals surface area contributed by atoms with E-state index in [1.54, 1.807) is 28.2 Å². The lowest BCUT2D eigenvalue weighted by molar-refractivity contribution is -0.146. The number of carboxylic acids is 1. The van der Waals surface area contributed by atoms with Gasteiger partial charge >= 0.3 is 5.97 Å². The molecule has 1 aliphatic heterocycles. The number of nitrogens with zero attached hydrogens (tertiary/aromatic N) is 4. The number of likely N-dealkylation sites (tertiary alicyclic amines) is 1. The van der Waals surface area contributed by atoms with Crippen molar-refractivity contribution in [1.82, 2.24) is 19.7 Å². The van der Waals surface area contributed by atoms with Gasteiger partial charge in [-0.3, -0.25) is 19.3 Å². The normalized spacial score (nSPS) is 20.4. The third kappa shape index (κ3) is 4.23. The maximum atomic E-state index is 12.6. The smallest absolute Gasteiger partial charge is 0.308 e. The van der Waals surface area contributed by atoms with Crippen molar-refractivity contribution in [3.05, 3.63) is 48.0 Å². The van der Waals surface area contributed by atoms with Crippen LogP contribution in [0.25, 0.3) is 0 Å². The van der Waals surface area contributed by atoms with Crippen LogP contribution < -0.4 is 0 Å². The van der Waals surface area contributed by atoms with Crippen LogP contribution in [-0.2, 0) is 23.1 Å². The van der Waals surface area contributed by atoms with E-state index in [1.165, 1.54) is 0 Å². The molecule has 25 heavy (non-hydrogen) atoms. The third-order valence-electron chi connectivity index (χ3n) is 4.70. The molecule has 1 saturated heterocycles. The Balaban J connectivity index is 1.68. The predicted molar refractivity (Wildman–Crippen MR) is 90.8 cm³/mol. The van der Waals surface area contributed by atoms with E-state index >= 15 is 0 Å². The number of rotatable bonds is 5. The molecule has 0 radical (unpaired) electrons. The second kappa shape index (κ2) is 7.46. The van der Waals surface area contributed by atoms with E-state index in [4.69, 9.17) is 0 Å². The first kappa shape index (κ1) is 17.1. The van der Waals surface area contributed by atoms with Crippen molar-refractivity contribution >= 4 is 11.9 Å². The number of carbonyl (C=O) groups excluding carboxylic acids is 1. The average Bonchev–Trinajstić information content (AvgIpc) is 3.06. The van der Waals surface area contributed by atoms with Gasteiger partial charge in [-0.25, -0.2) is 0 Å². The highest BCUT2D eigenvalue weighted by Gasteiger charge is 2.34. The minimum atomic E-state index is -0.848. The summed E-state index contributed by atoms with van der Waals surface area (Å²) in [6, 6.07) is 3.79. The summed E-state index contributed by atoms with van der Waals surface area (Å²) in [5.74, 6) is -1.39. The molecule has 0 aromatic carbocycles. The molecule has 0 bridgehead atoms. The largest absolute Gasteiger partial charge is 0.481 e. The fraction of sp³-hybridized carbons (Fsp3) is 0.444.